The monoisotopic (exact) mass is 281 g/mol. The van der Waals surface area contributed by atoms with Gasteiger partial charge >= 0.3 is 5.97 Å². The van der Waals surface area contributed by atoms with E-state index < -0.39 is 6.10 Å². The highest BCUT2D eigenvalue weighted by atomic mass is 35.5. The second-order valence-electron chi connectivity index (χ2n) is 4.70. The molecule has 1 unspecified atom stereocenters. The molecule has 0 aliphatic heterocycles. The third kappa shape index (κ3) is 4.24. The van der Waals surface area contributed by atoms with Crippen LogP contribution in [0.1, 0.15) is 25.3 Å². The van der Waals surface area contributed by atoms with Crippen molar-refractivity contribution < 1.29 is 14.3 Å². The van der Waals surface area contributed by atoms with E-state index in [9.17, 15) is 9.59 Å². The van der Waals surface area contributed by atoms with Gasteiger partial charge in [0.25, 0.3) is 5.91 Å². The molecule has 1 aromatic rings. The minimum atomic E-state index is -0.750. The van der Waals surface area contributed by atoms with Crippen LogP contribution in [0.5, 0.6) is 0 Å². The summed E-state index contributed by atoms with van der Waals surface area (Å²) in [5.74, 6) is -0.551. The standard InChI is InChI=1S/C14H16ClNO3/c1-9(19-14(18)11-4-5-11)13(17)16-8-10-2-6-12(15)7-3-10/h2-3,6-7,9,11H,4-5,8H2,1H3,(H,16,17). The van der Waals surface area contributed by atoms with Crippen molar-refractivity contribution in [3.8, 4) is 0 Å². The van der Waals surface area contributed by atoms with Gasteiger partial charge in [-0.2, -0.15) is 0 Å². The number of amides is 1. The van der Waals surface area contributed by atoms with Crippen LogP contribution in [0.15, 0.2) is 24.3 Å². The molecule has 1 fully saturated rings. The van der Waals surface area contributed by atoms with Crippen molar-refractivity contribution in [1.29, 1.82) is 0 Å². The van der Waals surface area contributed by atoms with Gasteiger partial charge in [-0.25, -0.2) is 0 Å². The lowest BCUT2D eigenvalue weighted by atomic mass is 10.2. The van der Waals surface area contributed by atoms with Crippen LogP contribution in [0.4, 0.5) is 0 Å². The summed E-state index contributed by atoms with van der Waals surface area (Å²) < 4.78 is 5.07. The first kappa shape index (κ1) is 13.9. The molecule has 1 aromatic carbocycles. The number of carbonyl (C=O) groups excluding carboxylic acids is 2. The zero-order chi connectivity index (χ0) is 13.8. The zero-order valence-electron chi connectivity index (χ0n) is 10.7. The summed E-state index contributed by atoms with van der Waals surface area (Å²) in [6, 6.07) is 7.20. The summed E-state index contributed by atoms with van der Waals surface area (Å²) in [4.78, 5) is 23.2. The van der Waals surface area contributed by atoms with Gasteiger partial charge in [-0.05, 0) is 37.5 Å². The number of nitrogens with one attached hydrogen (secondary N) is 1. The fourth-order valence-corrected chi connectivity index (χ4v) is 1.70. The Hall–Kier alpha value is -1.55. The fourth-order valence-electron chi connectivity index (χ4n) is 1.58. The van der Waals surface area contributed by atoms with Crippen molar-refractivity contribution in [2.75, 3.05) is 0 Å². The number of hydrogen-bond acceptors (Lipinski definition) is 3. The van der Waals surface area contributed by atoms with E-state index in [1.54, 1.807) is 19.1 Å². The number of halogens is 1. The molecule has 2 rings (SSSR count). The van der Waals surface area contributed by atoms with Crippen LogP contribution < -0.4 is 5.32 Å². The molecule has 1 amide bonds. The van der Waals surface area contributed by atoms with E-state index in [-0.39, 0.29) is 17.8 Å². The van der Waals surface area contributed by atoms with E-state index in [0.29, 0.717) is 11.6 Å². The summed E-state index contributed by atoms with van der Waals surface area (Å²) in [6.07, 6.45) is 0.996. The van der Waals surface area contributed by atoms with E-state index in [4.69, 9.17) is 16.3 Å². The van der Waals surface area contributed by atoms with Crippen molar-refractivity contribution in [1.82, 2.24) is 5.32 Å². The molecule has 102 valence electrons. The van der Waals surface area contributed by atoms with E-state index in [0.717, 1.165) is 18.4 Å². The van der Waals surface area contributed by atoms with Gasteiger partial charge in [0.1, 0.15) is 0 Å². The van der Waals surface area contributed by atoms with Crippen molar-refractivity contribution in [3.05, 3.63) is 34.9 Å². The summed E-state index contributed by atoms with van der Waals surface area (Å²) in [5.41, 5.74) is 0.943. The van der Waals surface area contributed by atoms with Gasteiger partial charge in [-0.3, -0.25) is 9.59 Å². The van der Waals surface area contributed by atoms with Crippen molar-refractivity contribution in [2.24, 2.45) is 5.92 Å². The van der Waals surface area contributed by atoms with Crippen LogP contribution >= 0.6 is 11.6 Å². The second kappa shape index (κ2) is 6.06. The highest BCUT2D eigenvalue weighted by molar-refractivity contribution is 6.30. The van der Waals surface area contributed by atoms with E-state index in [2.05, 4.69) is 5.32 Å². The van der Waals surface area contributed by atoms with Crippen LogP contribution in [0, 0.1) is 5.92 Å². The number of ether oxygens (including phenoxy) is 1. The Morgan fingerprint density at radius 1 is 1.37 bits per heavy atom. The highest BCUT2D eigenvalue weighted by Gasteiger charge is 2.33. The van der Waals surface area contributed by atoms with Gasteiger partial charge in [-0.15, -0.1) is 0 Å². The van der Waals surface area contributed by atoms with Gasteiger partial charge in [-0.1, -0.05) is 23.7 Å². The summed E-state index contributed by atoms with van der Waals surface area (Å²) >= 11 is 5.77. The maximum absolute atomic E-state index is 11.7. The molecule has 0 radical (unpaired) electrons. The lowest BCUT2D eigenvalue weighted by Crippen LogP contribution is -2.35. The molecule has 1 N–H and O–H groups in total. The normalized spacial score (nSPS) is 15.7. The molecule has 5 heteroatoms. The Labute approximate surface area is 117 Å². The maximum atomic E-state index is 11.7. The summed E-state index contributed by atoms with van der Waals surface area (Å²) in [7, 11) is 0. The first-order chi connectivity index (χ1) is 9.06. The molecule has 0 spiro atoms. The third-order valence-electron chi connectivity index (χ3n) is 2.95. The molecule has 1 aliphatic carbocycles. The first-order valence-corrected chi connectivity index (χ1v) is 6.66. The van der Waals surface area contributed by atoms with Gasteiger partial charge in [0.2, 0.25) is 0 Å². The molecule has 0 aromatic heterocycles. The Morgan fingerprint density at radius 2 is 2.00 bits per heavy atom. The average molecular weight is 282 g/mol. The summed E-state index contributed by atoms with van der Waals surface area (Å²) in [6.45, 7) is 1.97. The predicted octanol–water partition coefficient (Wildman–Crippen LogP) is 2.30. The lowest BCUT2D eigenvalue weighted by molar-refractivity contribution is -0.156. The average Bonchev–Trinajstić information content (AvgIpc) is 3.21. The Bertz CT molecular complexity index is 468. The van der Waals surface area contributed by atoms with Crippen molar-refractivity contribution >= 4 is 23.5 Å². The predicted molar refractivity (Wildman–Crippen MR) is 71.6 cm³/mol. The fraction of sp³-hybridized carbons (Fsp3) is 0.429. The lowest BCUT2D eigenvalue weighted by Gasteiger charge is -2.13. The summed E-state index contributed by atoms with van der Waals surface area (Å²) in [5, 5.41) is 3.38. The quantitative estimate of drug-likeness (QED) is 0.843. The van der Waals surface area contributed by atoms with Gasteiger partial charge < -0.3 is 10.1 Å². The van der Waals surface area contributed by atoms with E-state index >= 15 is 0 Å². The van der Waals surface area contributed by atoms with Crippen LogP contribution in [0.2, 0.25) is 5.02 Å². The molecule has 19 heavy (non-hydrogen) atoms. The molecule has 0 heterocycles. The second-order valence-corrected chi connectivity index (χ2v) is 5.13. The molecule has 1 aliphatic rings. The largest absolute Gasteiger partial charge is 0.452 e. The molecule has 1 saturated carbocycles. The molecular weight excluding hydrogens is 266 g/mol. The number of carbonyl (C=O) groups is 2. The first-order valence-electron chi connectivity index (χ1n) is 6.29. The zero-order valence-corrected chi connectivity index (χ0v) is 11.4. The van der Waals surface area contributed by atoms with Crippen LogP contribution in [-0.4, -0.2) is 18.0 Å². The molecule has 0 bridgehead atoms. The topological polar surface area (TPSA) is 55.4 Å². The van der Waals surface area contributed by atoms with Crippen LogP contribution in [-0.2, 0) is 20.9 Å². The SMILES string of the molecule is CC(OC(=O)C1CC1)C(=O)NCc1ccc(Cl)cc1. The third-order valence-corrected chi connectivity index (χ3v) is 3.20. The van der Waals surface area contributed by atoms with Crippen LogP contribution in [0.3, 0.4) is 0 Å². The number of hydrogen-bond donors (Lipinski definition) is 1. The Kier molecular flexibility index (Phi) is 4.43. The highest BCUT2D eigenvalue weighted by Crippen LogP contribution is 2.30. The minimum absolute atomic E-state index is 0.00603. The number of benzene rings is 1. The van der Waals surface area contributed by atoms with Gasteiger partial charge in [0.15, 0.2) is 6.10 Å². The van der Waals surface area contributed by atoms with Crippen LogP contribution in [0.25, 0.3) is 0 Å². The Morgan fingerprint density at radius 3 is 2.58 bits per heavy atom. The molecule has 0 saturated heterocycles. The van der Waals surface area contributed by atoms with Gasteiger partial charge in [0.05, 0.1) is 5.92 Å². The molecule has 4 nitrogen and oxygen atoms in total. The molecule has 1 atom stereocenters. The minimum Gasteiger partial charge on any atom is -0.452 e. The smallest absolute Gasteiger partial charge is 0.309 e. The maximum Gasteiger partial charge on any atom is 0.309 e. The van der Waals surface area contributed by atoms with Gasteiger partial charge in [0, 0.05) is 11.6 Å². The van der Waals surface area contributed by atoms with E-state index in [1.807, 2.05) is 12.1 Å². The van der Waals surface area contributed by atoms with Crippen molar-refractivity contribution in [3.63, 3.8) is 0 Å². The van der Waals surface area contributed by atoms with Crippen molar-refractivity contribution in [2.45, 2.75) is 32.4 Å². The number of rotatable bonds is 5. The Balaban J connectivity index is 1.76. The number of esters is 1. The van der Waals surface area contributed by atoms with E-state index in [1.165, 1.54) is 0 Å². The molecular formula is C14H16ClNO3.